The predicted molar refractivity (Wildman–Crippen MR) is 76.9 cm³/mol. The zero-order chi connectivity index (χ0) is 12.5. The number of hydrogen-bond donors (Lipinski definition) is 1. The summed E-state index contributed by atoms with van der Waals surface area (Å²) in [7, 11) is 0. The fraction of sp³-hybridized carbons (Fsp3) is 0.923. The van der Waals surface area contributed by atoms with Gasteiger partial charge in [0.25, 0.3) is 0 Å². The minimum absolute atomic E-state index is 0.622. The lowest BCUT2D eigenvalue weighted by Gasteiger charge is -2.24. The summed E-state index contributed by atoms with van der Waals surface area (Å²) in [5.74, 6) is 1.92. The predicted octanol–water partition coefficient (Wildman–Crippen LogP) is 2.91. The molecule has 1 fully saturated rings. The van der Waals surface area contributed by atoms with Crippen molar-refractivity contribution in [3.05, 3.63) is 0 Å². The number of ether oxygens (including phenoxy) is 1. The lowest BCUT2D eigenvalue weighted by Crippen LogP contribution is -2.37. The number of aliphatic imine (C=N–C) groups is 1. The molecule has 0 aliphatic carbocycles. The maximum absolute atomic E-state index is 5.54. The Kier molecular flexibility index (Phi) is 7.69. The first-order valence-corrected chi connectivity index (χ1v) is 7.72. The topological polar surface area (TPSA) is 33.6 Å². The molecule has 1 atom stereocenters. The molecule has 100 valence electrons. The van der Waals surface area contributed by atoms with Crippen LogP contribution in [0, 0.1) is 5.92 Å². The largest absolute Gasteiger partial charge is 0.380 e. The molecule has 3 nitrogen and oxygen atoms in total. The highest BCUT2D eigenvalue weighted by Crippen LogP contribution is 2.15. The number of hydrogen-bond acceptors (Lipinski definition) is 3. The van der Waals surface area contributed by atoms with Gasteiger partial charge in [-0.1, -0.05) is 32.5 Å². The summed E-state index contributed by atoms with van der Waals surface area (Å²) in [6.45, 7) is 9.05. The maximum atomic E-state index is 5.54. The minimum atomic E-state index is 0.622. The molecular formula is C13H26N2OS. The van der Waals surface area contributed by atoms with E-state index in [1.807, 2.05) is 11.8 Å². The fourth-order valence-electron chi connectivity index (χ4n) is 1.62. The molecule has 0 aromatic heterocycles. The lowest BCUT2D eigenvalue weighted by molar-refractivity contribution is 0.131. The third-order valence-electron chi connectivity index (χ3n) is 2.86. The number of nitrogens with zero attached hydrogens (tertiary/aromatic N) is 1. The monoisotopic (exact) mass is 258 g/mol. The Labute approximate surface area is 110 Å². The van der Waals surface area contributed by atoms with Crippen LogP contribution in [0.3, 0.4) is 0 Å². The molecule has 0 aromatic carbocycles. The Balaban J connectivity index is 2.07. The van der Waals surface area contributed by atoms with Crippen molar-refractivity contribution in [1.29, 1.82) is 0 Å². The van der Waals surface area contributed by atoms with Crippen molar-refractivity contribution < 1.29 is 4.74 Å². The second-order valence-electron chi connectivity index (χ2n) is 4.87. The maximum Gasteiger partial charge on any atom is 0.156 e. The first kappa shape index (κ1) is 14.8. The molecule has 0 aromatic rings. The normalized spacial score (nSPS) is 23.1. The van der Waals surface area contributed by atoms with Crippen LogP contribution >= 0.6 is 11.8 Å². The van der Waals surface area contributed by atoms with Crippen molar-refractivity contribution in [2.24, 2.45) is 10.9 Å². The van der Waals surface area contributed by atoms with E-state index in [2.05, 4.69) is 31.1 Å². The number of thioether (sulfide) groups is 1. The molecule has 1 aliphatic rings. The van der Waals surface area contributed by atoms with E-state index < -0.39 is 0 Å². The molecule has 17 heavy (non-hydrogen) atoms. The molecule has 0 spiro atoms. The standard InChI is InChI=1S/C13H26N2OS/c1-4-12-6-10-17-13(15-12)14-7-9-16-8-5-11(2)3/h11-12H,4-10H2,1-3H3,(H,14,15). The summed E-state index contributed by atoms with van der Waals surface area (Å²) in [5, 5.41) is 4.58. The van der Waals surface area contributed by atoms with Gasteiger partial charge in [0.1, 0.15) is 0 Å². The smallest absolute Gasteiger partial charge is 0.156 e. The Hall–Kier alpha value is -0.220. The molecule has 1 unspecified atom stereocenters. The Bertz CT molecular complexity index is 231. The van der Waals surface area contributed by atoms with Gasteiger partial charge in [0.15, 0.2) is 5.17 Å². The van der Waals surface area contributed by atoms with E-state index in [1.54, 1.807) is 0 Å². The highest BCUT2D eigenvalue weighted by molar-refractivity contribution is 8.13. The summed E-state index contributed by atoms with van der Waals surface area (Å²) in [6.07, 6.45) is 3.58. The SMILES string of the molecule is CCC1CCSC(=NCCOCCC(C)C)N1. The first-order chi connectivity index (χ1) is 8.22. The van der Waals surface area contributed by atoms with E-state index in [0.29, 0.717) is 6.04 Å². The van der Waals surface area contributed by atoms with Crippen LogP contribution in [-0.4, -0.2) is 36.7 Å². The Morgan fingerprint density at radius 1 is 1.47 bits per heavy atom. The highest BCUT2D eigenvalue weighted by Gasteiger charge is 2.14. The van der Waals surface area contributed by atoms with Crippen molar-refractivity contribution >= 4 is 16.9 Å². The van der Waals surface area contributed by atoms with Crippen molar-refractivity contribution in [3.8, 4) is 0 Å². The molecule has 0 amide bonds. The van der Waals surface area contributed by atoms with E-state index in [-0.39, 0.29) is 0 Å². The van der Waals surface area contributed by atoms with Gasteiger partial charge in [-0.2, -0.15) is 0 Å². The average Bonchev–Trinajstić information content (AvgIpc) is 2.33. The van der Waals surface area contributed by atoms with Crippen LogP contribution in [0.5, 0.6) is 0 Å². The van der Waals surface area contributed by atoms with Gasteiger partial charge in [-0.05, 0) is 25.2 Å². The van der Waals surface area contributed by atoms with E-state index in [0.717, 1.165) is 37.3 Å². The minimum Gasteiger partial charge on any atom is -0.380 e. The summed E-state index contributed by atoms with van der Waals surface area (Å²) in [6, 6.07) is 0.622. The molecule has 1 saturated heterocycles. The molecule has 4 heteroatoms. The van der Waals surface area contributed by atoms with Gasteiger partial charge in [0, 0.05) is 18.4 Å². The molecule has 1 rings (SSSR count). The van der Waals surface area contributed by atoms with Gasteiger partial charge < -0.3 is 10.1 Å². The van der Waals surface area contributed by atoms with Crippen LogP contribution in [0.15, 0.2) is 4.99 Å². The Morgan fingerprint density at radius 3 is 3.00 bits per heavy atom. The van der Waals surface area contributed by atoms with Crippen molar-refractivity contribution in [2.75, 3.05) is 25.5 Å². The molecule has 1 N–H and O–H groups in total. The number of nitrogens with one attached hydrogen (secondary N) is 1. The molecule has 0 saturated carbocycles. The zero-order valence-electron chi connectivity index (χ0n) is 11.4. The molecule has 0 bridgehead atoms. The summed E-state index contributed by atoms with van der Waals surface area (Å²) >= 11 is 1.83. The van der Waals surface area contributed by atoms with Crippen molar-refractivity contribution in [1.82, 2.24) is 5.32 Å². The van der Waals surface area contributed by atoms with Crippen LogP contribution in [-0.2, 0) is 4.74 Å². The quantitative estimate of drug-likeness (QED) is 0.713. The van der Waals surface area contributed by atoms with E-state index in [4.69, 9.17) is 4.74 Å². The Morgan fingerprint density at radius 2 is 2.29 bits per heavy atom. The number of amidine groups is 1. The molecule has 1 aliphatic heterocycles. The number of rotatable bonds is 7. The van der Waals surface area contributed by atoms with Crippen molar-refractivity contribution in [2.45, 2.75) is 46.1 Å². The van der Waals surface area contributed by atoms with Crippen molar-refractivity contribution in [3.63, 3.8) is 0 Å². The van der Waals surface area contributed by atoms with E-state index in [9.17, 15) is 0 Å². The third-order valence-corrected chi connectivity index (χ3v) is 3.82. The lowest BCUT2D eigenvalue weighted by atomic mass is 10.1. The molecule has 1 heterocycles. The van der Waals surface area contributed by atoms with E-state index >= 15 is 0 Å². The van der Waals surface area contributed by atoms with Crippen LogP contribution < -0.4 is 5.32 Å². The average molecular weight is 258 g/mol. The van der Waals surface area contributed by atoms with Crippen LogP contribution in [0.2, 0.25) is 0 Å². The van der Waals surface area contributed by atoms with Gasteiger partial charge in [-0.3, -0.25) is 4.99 Å². The highest BCUT2D eigenvalue weighted by atomic mass is 32.2. The van der Waals surface area contributed by atoms with Crippen LogP contribution in [0.1, 0.15) is 40.0 Å². The third kappa shape index (κ3) is 6.94. The van der Waals surface area contributed by atoms with Crippen LogP contribution in [0.25, 0.3) is 0 Å². The van der Waals surface area contributed by atoms with Gasteiger partial charge >= 0.3 is 0 Å². The molecular weight excluding hydrogens is 232 g/mol. The summed E-state index contributed by atoms with van der Waals surface area (Å²) in [5.41, 5.74) is 0. The van der Waals surface area contributed by atoms with Gasteiger partial charge in [-0.15, -0.1) is 0 Å². The van der Waals surface area contributed by atoms with Crippen LogP contribution in [0.4, 0.5) is 0 Å². The fourth-order valence-corrected chi connectivity index (χ4v) is 2.64. The second-order valence-corrected chi connectivity index (χ2v) is 5.95. The second kappa shape index (κ2) is 8.81. The summed E-state index contributed by atoms with van der Waals surface area (Å²) < 4.78 is 5.54. The molecule has 0 radical (unpaired) electrons. The zero-order valence-corrected chi connectivity index (χ0v) is 12.2. The van der Waals surface area contributed by atoms with Gasteiger partial charge in [0.2, 0.25) is 0 Å². The first-order valence-electron chi connectivity index (χ1n) is 6.74. The van der Waals surface area contributed by atoms with E-state index in [1.165, 1.54) is 18.6 Å². The summed E-state index contributed by atoms with van der Waals surface area (Å²) in [4.78, 5) is 4.54. The van der Waals surface area contributed by atoms with Gasteiger partial charge in [-0.25, -0.2) is 0 Å². The van der Waals surface area contributed by atoms with Gasteiger partial charge in [0.05, 0.1) is 13.2 Å².